The highest BCUT2D eigenvalue weighted by atomic mass is 16.5. The van der Waals surface area contributed by atoms with Crippen LogP contribution in [0.25, 0.3) is 0 Å². The Morgan fingerprint density at radius 1 is 1.47 bits per heavy atom. The summed E-state index contributed by atoms with van der Waals surface area (Å²) >= 11 is 0. The minimum atomic E-state index is -0.759. The highest BCUT2D eigenvalue weighted by molar-refractivity contribution is 5.69. The molecule has 0 bridgehead atoms. The highest BCUT2D eigenvalue weighted by Crippen LogP contribution is 2.32. The number of aliphatic carboxylic acids is 1. The summed E-state index contributed by atoms with van der Waals surface area (Å²) in [5, 5.41) is 8.86. The summed E-state index contributed by atoms with van der Waals surface area (Å²) in [4.78, 5) is 12.8. The molecule has 17 heavy (non-hydrogen) atoms. The average Bonchev–Trinajstić information content (AvgIpc) is 2.76. The summed E-state index contributed by atoms with van der Waals surface area (Å²) in [6.07, 6.45) is 2.09. The van der Waals surface area contributed by atoms with Crippen LogP contribution < -0.4 is 4.74 Å². The lowest BCUT2D eigenvalue weighted by atomic mass is 10.0. The molecule has 0 aromatic heterocycles. The van der Waals surface area contributed by atoms with E-state index in [-0.39, 0.29) is 12.6 Å². The summed E-state index contributed by atoms with van der Waals surface area (Å²) in [7, 11) is 1.64. The lowest BCUT2D eigenvalue weighted by Crippen LogP contribution is -2.29. The van der Waals surface area contributed by atoms with Crippen molar-refractivity contribution >= 4 is 5.97 Å². The van der Waals surface area contributed by atoms with E-state index in [2.05, 4.69) is 0 Å². The molecular weight excluding hydrogens is 218 g/mol. The molecule has 1 aliphatic heterocycles. The number of rotatable bonds is 4. The summed E-state index contributed by atoms with van der Waals surface area (Å²) in [6, 6.07) is 8.11. The SMILES string of the molecule is COc1ccc([C@H]2CCCN2CC(=O)O)cc1. The maximum Gasteiger partial charge on any atom is 0.317 e. The van der Waals surface area contributed by atoms with Crippen molar-refractivity contribution in [3.8, 4) is 5.75 Å². The zero-order chi connectivity index (χ0) is 12.3. The second kappa shape index (κ2) is 5.19. The van der Waals surface area contributed by atoms with Crippen LogP contribution in [0.2, 0.25) is 0 Å². The van der Waals surface area contributed by atoms with Gasteiger partial charge in [0.25, 0.3) is 0 Å². The van der Waals surface area contributed by atoms with Crippen molar-refractivity contribution in [1.82, 2.24) is 4.90 Å². The van der Waals surface area contributed by atoms with Gasteiger partial charge in [-0.25, -0.2) is 0 Å². The van der Waals surface area contributed by atoms with Crippen molar-refractivity contribution in [2.24, 2.45) is 0 Å². The van der Waals surface area contributed by atoms with Gasteiger partial charge in [0.2, 0.25) is 0 Å². The van der Waals surface area contributed by atoms with Crippen molar-refractivity contribution < 1.29 is 14.6 Å². The summed E-state index contributed by atoms with van der Waals surface area (Å²) in [5.41, 5.74) is 1.17. The Balaban J connectivity index is 2.11. The molecule has 0 unspecified atom stereocenters. The van der Waals surface area contributed by atoms with Crippen LogP contribution >= 0.6 is 0 Å². The predicted molar refractivity (Wildman–Crippen MR) is 64.2 cm³/mol. The Kier molecular flexibility index (Phi) is 3.64. The van der Waals surface area contributed by atoms with E-state index in [1.165, 1.54) is 5.56 Å². The molecule has 0 spiro atoms. The molecule has 1 fully saturated rings. The zero-order valence-electron chi connectivity index (χ0n) is 9.93. The molecular formula is C13H17NO3. The van der Waals surface area contributed by atoms with Crippen LogP contribution in [0.15, 0.2) is 24.3 Å². The molecule has 2 rings (SSSR count). The molecule has 1 heterocycles. The van der Waals surface area contributed by atoms with Gasteiger partial charge in [0.15, 0.2) is 0 Å². The van der Waals surface area contributed by atoms with Crippen LogP contribution in [-0.2, 0) is 4.79 Å². The highest BCUT2D eigenvalue weighted by Gasteiger charge is 2.27. The first-order chi connectivity index (χ1) is 8.20. The smallest absolute Gasteiger partial charge is 0.317 e. The van der Waals surface area contributed by atoms with Gasteiger partial charge in [-0.2, -0.15) is 0 Å². The monoisotopic (exact) mass is 235 g/mol. The maximum atomic E-state index is 10.8. The molecule has 4 heteroatoms. The number of nitrogens with zero attached hydrogens (tertiary/aromatic N) is 1. The topological polar surface area (TPSA) is 49.8 Å². The Hall–Kier alpha value is -1.55. The second-order valence-corrected chi connectivity index (χ2v) is 4.30. The Labute approximate surface area is 101 Å². The molecule has 1 aromatic rings. The van der Waals surface area contributed by atoms with Gasteiger partial charge in [-0.3, -0.25) is 9.69 Å². The van der Waals surface area contributed by atoms with Gasteiger partial charge >= 0.3 is 5.97 Å². The number of likely N-dealkylation sites (tertiary alicyclic amines) is 1. The first kappa shape index (κ1) is 11.9. The second-order valence-electron chi connectivity index (χ2n) is 4.30. The van der Waals surface area contributed by atoms with Crippen molar-refractivity contribution in [3.05, 3.63) is 29.8 Å². The van der Waals surface area contributed by atoms with E-state index in [0.29, 0.717) is 0 Å². The first-order valence-corrected chi connectivity index (χ1v) is 5.80. The van der Waals surface area contributed by atoms with Gasteiger partial charge in [0.1, 0.15) is 5.75 Å². The summed E-state index contributed by atoms with van der Waals surface area (Å²) < 4.78 is 5.12. The zero-order valence-corrected chi connectivity index (χ0v) is 9.93. The number of carboxylic acid groups (broad SMARTS) is 1. The van der Waals surface area contributed by atoms with Crippen molar-refractivity contribution in [1.29, 1.82) is 0 Å². The van der Waals surface area contributed by atoms with Gasteiger partial charge in [0.05, 0.1) is 13.7 Å². The number of carboxylic acids is 1. The van der Waals surface area contributed by atoms with E-state index in [4.69, 9.17) is 9.84 Å². The molecule has 1 aromatic carbocycles. The maximum absolute atomic E-state index is 10.8. The van der Waals surface area contributed by atoms with E-state index in [1.807, 2.05) is 29.2 Å². The van der Waals surface area contributed by atoms with Crippen molar-refractivity contribution in [2.45, 2.75) is 18.9 Å². The quantitative estimate of drug-likeness (QED) is 0.866. The number of methoxy groups -OCH3 is 1. The number of benzene rings is 1. The Morgan fingerprint density at radius 2 is 2.18 bits per heavy atom. The molecule has 0 aliphatic carbocycles. The summed E-state index contributed by atoms with van der Waals surface area (Å²) in [5.74, 6) is 0.0712. The number of hydrogen-bond acceptors (Lipinski definition) is 3. The van der Waals surface area contributed by atoms with E-state index in [1.54, 1.807) is 7.11 Å². The van der Waals surface area contributed by atoms with Crippen LogP contribution in [-0.4, -0.2) is 36.2 Å². The average molecular weight is 235 g/mol. The number of hydrogen-bond donors (Lipinski definition) is 1. The lowest BCUT2D eigenvalue weighted by molar-refractivity contribution is -0.138. The molecule has 1 saturated heterocycles. The lowest BCUT2D eigenvalue weighted by Gasteiger charge is -2.22. The number of ether oxygens (including phenoxy) is 1. The van der Waals surface area contributed by atoms with Crippen molar-refractivity contribution in [3.63, 3.8) is 0 Å². The van der Waals surface area contributed by atoms with Gasteiger partial charge in [-0.1, -0.05) is 12.1 Å². The molecule has 0 radical (unpaired) electrons. The minimum Gasteiger partial charge on any atom is -0.497 e. The van der Waals surface area contributed by atoms with E-state index < -0.39 is 5.97 Å². The van der Waals surface area contributed by atoms with Gasteiger partial charge in [-0.15, -0.1) is 0 Å². The summed E-state index contributed by atoms with van der Waals surface area (Å²) in [6.45, 7) is 0.986. The normalized spacial score (nSPS) is 20.4. The van der Waals surface area contributed by atoms with Crippen LogP contribution in [0, 0.1) is 0 Å². The minimum absolute atomic E-state index is 0.122. The van der Waals surface area contributed by atoms with Gasteiger partial charge < -0.3 is 9.84 Å². The fourth-order valence-electron chi connectivity index (χ4n) is 2.39. The van der Waals surface area contributed by atoms with Crippen LogP contribution in [0.1, 0.15) is 24.4 Å². The van der Waals surface area contributed by atoms with E-state index in [0.717, 1.165) is 25.1 Å². The Morgan fingerprint density at radius 3 is 2.76 bits per heavy atom. The van der Waals surface area contributed by atoms with Crippen molar-refractivity contribution in [2.75, 3.05) is 20.2 Å². The van der Waals surface area contributed by atoms with E-state index >= 15 is 0 Å². The standard InChI is InChI=1S/C13H17NO3/c1-17-11-6-4-10(5-7-11)12-3-2-8-14(12)9-13(15)16/h4-7,12H,2-3,8-9H2,1H3,(H,15,16)/t12-/m1/s1. The predicted octanol–water partition coefficient (Wildman–Crippen LogP) is 1.92. The first-order valence-electron chi connectivity index (χ1n) is 5.80. The third kappa shape index (κ3) is 2.77. The third-order valence-corrected chi connectivity index (χ3v) is 3.20. The fraction of sp³-hybridized carbons (Fsp3) is 0.462. The van der Waals surface area contributed by atoms with Gasteiger partial charge in [-0.05, 0) is 37.1 Å². The Bertz CT molecular complexity index is 388. The van der Waals surface area contributed by atoms with Crippen LogP contribution in [0.4, 0.5) is 0 Å². The van der Waals surface area contributed by atoms with Crippen LogP contribution in [0.5, 0.6) is 5.75 Å². The molecule has 1 atom stereocenters. The molecule has 92 valence electrons. The fourth-order valence-corrected chi connectivity index (χ4v) is 2.39. The molecule has 1 aliphatic rings. The van der Waals surface area contributed by atoms with Crippen LogP contribution in [0.3, 0.4) is 0 Å². The molecule has 4 nitrogen and oxygen atoms in total. The largest absolute Gasteiger partial charge is 0.497 e. The van der Waals surface area contributed by atoms with E-state index in [9.17, 15) is 4.79 Å². The molecule has 0 amide bonds. The number of carbonyl (C=O) groups is 1. The van der Waals surface area contributed by atoms with Gasteiger partial charge in [0, 0.05) is 6.04 Å². The molecule has 0 saturated carbocycles. The molecule has 1 N–H and O–H groups in total. The third-order valence-electron chi connectivity index (χ3n) is 3.20.